The van der Waals surface area contributed by atoms with Gasteiger partial charge in [-0.05, 0) is 36.6 Å². The Hall–Kier alpha value is -5.01. The Morgan fingerprint density at radius 1 is 1.09 bits per heavy atom. The van der Waals surface area contributed by atoms with Gasteiger partial charge in [-0.25, -0.2) is 24.1 Å². The van der Waals surface area contributed by atoms with Crippen molar-refractivity contribution < 1.29 is 31.9 Å². The zero-order valence-electron chi connectivity index (χ0n) is 24.0. The van der Waals surface area contributed by atoms with E-state index in [0.717, 1.165) is 23.3 Å². The van der Waals surface area contributed by atoms with Crippen LogP contribution in [0.1, 0.15) is 41.3 Å². The third-order valence-electron chi connectivity index (χ3n) is 7.89. The number of alkyl carbamates (subject to hydrolysis) is 1. The molecular weight excluding hydrogens is 594 g/mol. The summed E-state index contributed by atoms with van der Waals surface area (Å²) in [4.78, 5) is 39.6. The first-order valence-corrected chi connectivity index (χ1v) is 14.4. The van der Waals surface area contributed by atoms with E-state index >= 15 is 0 Å². The van der Waals surface area contributed by atoms with Gasteiger partial charge in [0, 0.05) is 49.4 Å². The first-order valence-electron chi connectivity index (χ1n) is 14.4. The van der Waals surface area contributed by atoms with Crippen molar-refractivity contribution in [3.63, 3.8) is 0 Å². The third-order valence-corrected chi connectivity index (χ3v) is 7.89. The quantitative estimate of drug-likeness (QED) is 0.256. The molecule has 0 bridgehead atoms. The van der Waals surface area contributed by atoms with Crippen molar-refractivity contribution in [1.82, 2.24) is 24.8 Å². The average molecular weight is 624 g/mol. The molecule has 14 heteroatoms. The van der Waals surface area contributed by atoms with Gasteiger partial charge in [0.1, 0.15) is 36.2 Å². The maximum atomic E-state index is 14.0. The van der Waals surface area contributed by atoms with Crippen LogP contribution in [0.3, 0.4) is 0 Å². The number of benzene rings is 2. The molecule has 10 nitrogen and oxygen atoms in total. The van der Waals surface area contributed by atoms with Crippen LogP contribution in [0.5, 0.6) is 0 Å². The predicted octanol–water partition coefficient (Wildman–Crippen LogP) is 5.30. The maximum absolute atomic E-state index is 14.0. The van der Waals surface area contributed by atoms with E-state index in [-0.39, 0.29) is 49.2 Å². The van der Waals surface area contributed by atoms with Crippen LogP contribution in [0.4, 0.5) is 34.0 Å². The predicted molar refractivity (Wildman–Crippen MR) is 156 cm³/mol. The van der Waals surface area contributed by atoms with E-state index in [4.69, 9.17) is 9.72 Å². The van der Waals surface area contributed by atoms with Crippen molar-refractivity contribution in [2.75, 3.05) is 29.9 Å². The molecule has 1 saturated heterocycles. The molecule has 1 fully saturated rings. The molecule has 234 valence electrons. The average Bonchev–Trinajstić information content (AvgIpc) is 3.63. The standard InChI is InChI=1S/C31H29F4N7O3/c32-24-7-6-21(14-23(24)31(33,34)35)25-16-42(13-10-36-30(44)45-17-19-4-2-1-3-5-19)28(39-25)20-8-11-41(12-9-20)29-22-15-26(43)40-27(22)37-18-38-29/h1-7,14,16,18,20H,8-13,15,17H2,(H,36,44)(H,37,38,40,43). The van der Waals surface area contributed by atoms with Crippen molar-refractivity contribution in [2.45, 2.75) is 44.5 Å². The van der Waals surface area contributed by atoms with Crippen LogP contribution < -0.4 is 15.5 Å². The van der Waals surface area contributed by atoms with Gasteiger partial charge in [-0.1, -0.05) is 30.3 Å². The normalized spacial score (nSPS) is 15.1. The first-order chi connectivity index (χ1) is 21.7. The number of ether oxygens (including phenoxy) is 1. The second-order valence-corrected chi connectivity index (χ2v) is 10.9. The number of amides is 2. The molecule has 0 unspecified atom stereocenters. The van der Waals surface area contributed by atoms with E-state index < -0.39 is 23.7 Å². The number of anilines is 2. The number of piperidine rings is 1. The number of halogens is 4. The zero-order valence-corrected chi connectivity index (χ0v) is 24.0. The summed E-state index contributed by atoms with van der Waals surface area (Å²) in [5.74, 6) is 0.307. The highest BCUT2D eigenvalue weighted by Gasteiger charge is 2.35. The van der Waals surface area contributed by atoms with E-state index in [1.165, 1.54) is 12.4 Å². The van der Waals surface area contributed by atoms with E-state index in [1.54, 1.807) is 6.20 Å². The van der Waals surface area contributed by atoms with Crippen LogP contribution >= 0.6 is 0 Å². The summed E-state index contributed by atoms with van der Waals surface area (Å²) in [6, 6.07) is 12.1. The van der Waals surface area contributed by atoms with Crippen molar-refractivity contribution in [2.24, 2.45) is 0 Å². The fourth-order valence-electron chi connectivity index (χ4n) is 5.66. The van der Waals surface area contributed by atoms with Gasteiger partial charge < -0.3 is 24.8 Å². The topological polar surface area (TPSA) is 114 Å². The minimum Gasteiger partial charge on any atom is -0.445 e. The fraction of sp³-hybridized carbons (Fsp3) is 0.323. The Morgan fingerprint density at radius 2 is 1.87 bits per heavy atom. The highest BCUT2D eigenvalue weighted by atomic mass is 19.4. The lowest BCUT2D eigenvalue weighted by molar-refractivity contribution is -0.140. The Labute approximate surface area is 255 Å². The minimum absolute atomic E-state index is 0.0581. The molecule has 2 N–H and O–H groups in total. The van der Waals surface area contributed by atoms with Gasteiger partial charge in [-0.15, -0.1) is 0 Å². The second kappa shape index (κ2) is 12.5. The molecule has 4 aromatic rings. The van der Waals surface area contributed by atoms with Gasteiger partial charge in [-0.3, -0.25) is 4.79 Å². The zero-order chi connectivity index (χ0) is 31.6. The molecular formula is C31H29F4N7O3. The second-order valence-electron chi connectivity index (χ2n) is 10.9. The Morgan fingerprint density at radius 3 is 2.62 bits per heavy atom. The monoisotopic (exact) mass is 623 g/mol. The van der Waals surface area contributed by atoms with E-state index in [2.05, 4.69) is 25.5 Å². The van der Waals surface area contributed by atoms with Crippen molar-refractivity contribution in [3.8, 4) is 11.3 Å². The van der Waals surface area contributed by atoms with Gasteiger partial charge in [0.2, 0.25) is 5.91 Å². The lowest BCUT2D eigenvalue weighted by atomic mass is 9.95. The van der Waals surface area contributed by atoms with Crippen LogP contribution in [-0.4, -0.2) is 51.2 Å². The Bertz CT molecular complexity index is 1700. The number of alkyl halides is 3. The number of imidazole rings is 1. The Kier molecular flexibility index (Phi) is 8.37. The van der Waals surface area contributed by atoms with E-state index in [0.29, 0.717) is 43.4 Å². The third kappa shape index (κ3) is 6.74. The van der Waals surface area contributed by atoms with Crippen molar-refractivity contribution >= 4 is 23.6 Å². The molecule has 0 saturated carbocycles. The maximum Gasteiger partial charge on any atom is 0.419 e. The molecule has 2 aliphatic heterocycles. The van der Waals surface area contributed by atoms with Crippen LogP contribution in [0.2, 0.25) is 0 Å². The fourth-order valence-corrected chi connectivity index (χ4v) is 5.66. The summed E-state index contributed by atoms with van der Waals surface area (Å²) in [6.07, 6.45) is -0.906. The smallest absolute Gasteiger partial charge is 0.419 e. The van der Waals surface area contributed by atoms with Gasteiger partial charge in [0.25, 0.3) is 0 Å². The number of aromatic nitrogens is 4. The molecule has 6 rings (SSSR count). The number of rotatable bonds is 8. The number of nitrogens with zero attached hydrogens (tertiary/aromatic N) is 5. The number of nitrogens with one attached hydrogen (secondary N) is 2. The number of hydrogen-bond donors (Lipinski definition) is 2. The van der Waals surface area contributed by atoms with Crippen molar-refractivity contribution in [3.05, 3.63) is 89.4 Å². The largest absolute Gasteiger partial charge is 0.445 e. The highest BCUT2D eigenvalue weighted by Crippen LogP contribution is 2.37. The lowest BCUT2D eigenvalue weighted by Gasteiger charge is -2.33. The van der Waals surface area contributed by atoms with Crippen LogP contribution in [0.25, 0.3) is 11.3 Å². The molecule has 0 atom stereocenters. The molecule has 0 radical (unpaired) electrons. The summed E-state index contributed by atoms with van der Waals surface area (Å²) in [6.45, 7) is 1.77. The number of hydrogen-bond acceptors (Lipinski definition) is 7. The summed E-state index contributed by atoms with van der Waals surface area (Å²) in [5, 5.41) is 5.44. The van der Waals surface area contributed by atoms with Crippen LogP contribution in [-0.2, 0) is 35.3 Å². The van der Waals surface area contributed by atoms with Crippen LogP contribution in [0.15, 0.2) is 61.1 Å². The molecule has 2 aromatic carbocycles. The lowest BCUT2D eigenvalue weighted by Crippen LogP contribution is -2.35. The molecule has 2 aliphatic rings. The molecule has 45 heavy (non-hydrogen) atoms. The summed E-state index contributed by atoms with van der Waals surface area (Å²) in [7, 11) is 0. The Balaban J connectivity index is 1.19. The van der Waals surface area contributed by atoms with Crippen molar-refractivity contribution in [1.29, 1.82) is 0 Å². The first kappa shape index (κ1) is 30.0. The SMILES string of the molecule is O=C1Cc2c(ncnc2N2CCC(c3nc(-c4ccc(F)c(C(F)(F)F)c4)cn3CCNC(=O)OCc3ccccc3)CC2)N1. The van der Waals surface area contributed by atoms with Gasteiger partial charge in [0.05, 0.1) is 17.7 Å². The molecule has 2 aromatic heterocycles. The summed E-state index contributed by atoms with van der Waals surface area (Å²) in [5.41, 5.74) is 0.630. The summed E-state index contributed by atoms with van der Waals surface area (Å²) >= 11 is 0. The number of carbonyl (C=O) groups is 2. The van der Waals surface area contributed by atoms with Crippen LogP contribution in [0, 0.1) is 5.82 Å². The number of carbonyl (C=O) groups excluding carboxylic acids is 2. The highest BCUT2D eigenvalue weighted by molar-refractivity contribution is 5.99. The molecule has 0 aliphatic carbocycles. The van der Waals surface area contributed by atoms with Gasteiger partial charge >= 0.3 is 12.3 Å². The molecule has 2 amide bonds. The van der Waals surface area contributed by atoms with Gasteiger partial charge in [0.15, 0.2) is 0 Å². The molecule has 0 spiro atoms. The number of fused-ring (bicyclic) bond motifs is 1. The van der Waals surface area contributed by atoms with Gasteiger partial charge in [-0.2, -0.15) is 13.2 Å². The molecule has 4 heterocycles. The summed E-state index contributed by atoms with van der Waals surface area (Å²) < 4.78 is 61.5. The minimum atomic E-state index is -4.86. The van der Waals surface area contributed by atoms with E-state index in [1.807, 2.05) is 34.9 Å². The van der Waals surface area contributed by atoms with E-state index in [9.17, 15) is 27.2 Å².